The molecule has 0 aromatic heterocycles. The molecule has 5 heteroatoms. The van der Waals surface area contributed by atoms with Crippen molar-refractivity contribution in [2.45, 2.75) is 70.8 Å². The van der Waals surface area contributed by atoms with Crippen molar-refractivity contribution in [3.63, 3.8) is 0 Å². The summed E-state index contributed by atoms with van der Waals surface area (Å²) in [6.07, 6.45) is 6.85. The van der Waals surface area contributed by atoms with Gasteiger partial charge in [-0.15, -0.1) is 0 Å². The smallest absolute Gasteiger partial charge is 0.167 e. The fourth-order valence-corrected chi connectivity index (χ4v) is 4.03. The molecule has 2 nitrogen and oxygen atoms in total. The van der Waals surface area contributed by atoms with E-state index in [1.807, 2.05) is 0 Å². The van der Waals surface area contributed by atoms with E-state index in [4.69, 9.17) is 9.47 Å². The fraction of sp³-hybridized carbons (Fsp3) is 0.520. The van der Waals surface area contributed by atoms with Crippen LogP contribution in [0.2, 0.25) is 0 Å². The normalized spacial score (nSPS) is 19.1. The van der Waals surface area contributed by atoms with E-state index in [0.717, 1.165) is 44.9 Å². The predicted octanol–water partition coefficient (Wildman–Crippen LogP) is 7.40. The Morgan fingerprint density at radius 2 is 1.73 bits per heavy atom. The van der Waals surface area contributed by atoms with Gasteiger partial charge in [-0.05, 0) is 43.4 Å². The largest absolute Gasteiger partial charge is 0.493 e. The summed E-state index contributed by atoms with van der Waals surface area (Å²) >= 11 is 0. The topological polar surface area (TPSA) is 18.5 Å². The summed E-state index contributed by atoms with van der Waals surface area (Å²) in [5, 5.41) is 0. The van der Waals surface area contributed by atoms with E-state index in [-0.39, 0.29) is 23.1 Å². The number of benzene rings is 2. The Morgan fingerprint density at radius 1 is 0.933 bits per heavy atom. The average molecular weight is 421 g/mol. The Balaban J connectivity index is 1.74. The van der Waals surface area contributed by atoms with Gasteiger partial charge in [-0.25, -0.2) is 13.2 Å². The van der Waals surface area contributed by atoms with Gasteiger partial charge in [0.05, 0.1) is 19.3 Å². The zero-order valence-electron chi connectivity index (χ0n) is 17.9. The highest BCUT2D eigenvalue weighted by Gasteiger charge is 2.27. The molecule has 0 spiro atoms. The monoisotopic (exact) mass is 420 g/mol. The fourth-order valence-electron chi connectivity index (χ4n) is 4.03. The second kappa shape index (κ2) is 10.9. The number of hydrogen-bond acceptors (Lipinski definition) is 2. The van der Waals surface area contributed by atoms with Crippen molar-refractivity contribution < 1.29 is 22.6 Å². The van der Waals surface area contributed by atoms with Crippen LogP contribution in [0, 0.1) is 17.5 Å². The highest BCUT2D eigenvalue weighted by Crippen LogP contribution is 2.36. The molecule has 2 aromatic carbocycles. The highest BCUT2D eigenvalue weighted by molar-refractivity contribution is 5.66. The van der Waals surface area contributed by atoms with Crippen molar-refractivity contribution in [2.75, 3.05) is 13.2 Å². The first kappa shape index (κ1) is 22.7. The molecule has 3 rings (SSSR count). The number of hydrogen-bond donors (Lipinski definition) is 0. The molecule has 1 aliphatic heterocycles. The van der Waals surface area contributed by atoms with Crippen LogP contribution < -0.4 is 4.74 Å². The summed E-state index contributed by atoms with van der Waals surface area (Å²) in [6, 6.07) is 7.30. The van der Waals surface area contributed by atoms with Gasteiger partial charge in [-0.3, -0.25) is 0 Å². The molecule has 0 N–H and O–H groups in total. The van der Waals surface area contributed by atoms with Gasteiger partial charge in [0.1, 0.15) is 11.6 Å². The van der Waals surface area contributed by atoms with Gasteiger partial charge in [-0.2, -0.15) is 0 Å². The Labute approximate surface area is 177 Å². The lowest BCUT2D eigenvalue weighted by atomic mass is 9.88. The number of halogens is 3. The quantitative estimate of drug-likeness (QED) is 0.393. The molecule has 2 aromatic rings. The van der Waals surface area contributed by atoms with Gasteiger partial charge in [0, 0.05) is 23.1 Å². The second-order valence-electron chi connectivity index (χ2n) is 8.05. The van der Waals surface area contributed by atoms with Gasteiger partial charge in [0.2, 0.25) is 0 Å². The van der Waals surface area contributed by atoms with Crippen LogP contribution in [0.15, 0.2) is 30.3 Å². The number of ether oxygens (including phenoxy) is 2. The van der Waals surface area contributed by atoms with Crippen molar-refractivity contribution in [3.8, 4) is 16.9 Å². The van der Waals surface area contributed by atoms with Crippen LogP contribution >= 0.6 is 0 Å². The van der Waals surface area contributed by atoms with Crippen molar-refractivity contribution in [3.05, 3.63) is 53.3 Å². The van der Waals surface area contributed by atoms with Crippen LogP contribution in [0.1, 0.15) is 70.3 Å². The van der Waals surface area contributed by atoms with Gasteiger partial charge >= 0.3 is 0 Å². The Hall–Kier alpha value is -2.01. The molecule has 1 aliphatic rings. The molecule has 0 bridgehead atoms. The van der Waals surface area contributed by atoms with Crippen LogP contribution in [0.5, 0.6) is 5.75 Å². The average Bonchev–Trinajstić information content (AvgIpc) is 2.75. The molecule has 1 fully saturated rings. The highest BCUT2D eigenvalue weighted by atomic mass is 19.2. The lowest BCUT2D eigenvalue weighted by Gasteiger charge is -2.29. The minimum absolute atomic E-state index is 0.0294. The Morgan fingerprint density at radius 3 is 2.40 bits per heavy atom. The van der Waals surface area contributed by atoms with Crippen LogP contribution in [0.3, 0.4) is 0 Å². The minimum atomic E-state index is -1.02. The minimum Gasteiger partial charge on any atom is -0.493 e. The molecular formula is C25H31F3O2. The SMILES string of the molecule is CCCCCOc1ccc(-c2ccc(C3CCC(CCC)OC3)c(F)c2F)c(F)c1. The summed E-state index contributed by atoms with van der Waals surface area (Å²) in [5.74, 6) is -2.33. The Kier molecular flexibility index (Phi) is 8.20. The standard InChI is InChI=1S/C25H31F3O2/c1-3-5-6-14-29-19-10-11-21(23(26)15-19)22-13-12-20(24(27)25(22)28)17-8-9-18(7-4-2)30-16-17/h10-13,15,17-18H,3-9,14,16H2,1-2H3. The molecule has 2 atom stereocenters. The van der Waals surface area contributed by atoms with Crippen molar-refractivity contribution >= 4 is 0 Å². The molecule has 1 saturated heterocycles. The third-order valence-corrected chi connectivity index (χ3v) is 5.78. The summed E-state index contributed by atoms with van der Waals surface area (Å²) < 4.78 is 55.7. The molecule has 2 unspecified atom stereocenters. The lowest BCUT2D eigenvalue weighted by molar-refractivity contribution is -0.00181. The van der Waals surface area contributed by atoms with Crippen LogP contribution in [-0.4, -0.2) is 19.3 Å². The van der Waals surface area contributed by atoms with Gasteiger partial charge in [0.15, 0.2) is 11.6 Å². The molecule has 0 radical (unpaired) electrons. The first-order valence-corrected chi connectivity index (χ1v) is 11.1. The van der Waals surface area contributed by atoms with E-state index in [1.165, 1.54) is 18.2 Å². The van der Waals surface area contributed by atoms with Crippen LogP contribution in [0.25, 0.3) is 11.1 Å². The Bertz CT molecular complexity index is 829. The van der Waals surface area contributed by atoms with Crippen molar-refractivity contribution in [1.29, 1.82) is 0 Å². The summed E-state index contributed by atoms with van der Waals surface area (Å²) in [6.45, 7) is 5.09. The van der Waals surface area contributed by atoms with Gasteiger partial charge in [0.25, 0.3) is 0 Å². The van der Waals surface area contributed by atoms with Crippen LogP contribution in [0.4, 0.5) is 13.2 Å². The van der Waals surface area contributed by atoms with E-state index in [0.29, 0.717) is 24.5 Å². The third kappa shape index (κ3) is 5.37. The zero-order chi connectivity index (χ0) is 21.5. The van der Waals surface area contributed by atoms with Gasteiger partial charge < -0.3 is 9.47 Å². The maximum absolute atomic E-state index is 14.9. The second-order valence-corrected chi connectivity index (χ2v) is 8.05. The summed E-state index contributed by atoms with van der Waals surface area (Å²) in [5.41, 5.74) is 0.260. The number of rotatable bonds is 9. The third-order valence-electron chi connectivity index (χ3n) is 5.78. The van der Waals surface area contributed by atoms with E-state index in [1.54, 1.807) is 12.1 Å². The van der Waals surface area contributed by atoms with E-state index in [9.17, 15) is 13.2 Å². The predicted molar refractivity (Wildman–Crippen MR) is 113 cm³/mol. The number of unbranched alkanes of at least 4 members (excludes halogenated alkanes) is 2. The maximum atomic E-state index is 14.9. The molecule has 0 amide bonds. The first-order chi connectivity index (χ1) is 14.5. The first-order valence-electron chi connectivity index (χ1n) is 11.1. The van der Waals surface area contributed by atoms with Crippen molar-refractivity contribution in [1.82, 2.24) is 0 Å². The molecule has 0 aliphatic carbocycles. The molecule has 164 valence electrons. The summed E-state index contributed by atoms with van der Waals surface area (Å²) in [7, 11) is 0. The van der Waals surface area contributed by atoms with E-state index >= 15 is 0 Å². The van der Waals surface area contributed by atoms with E-state index in [2.05, 4.69) is 13.8 Å². The summed E-state index contributed by atoms with van der Waals surface area (Å²) in [4.78, 5) is 0. The zero-order valence-corrected chi connectivity index (χ0v) is 17.9. The van der Waals surface area contributed by atoms with E-state index < -0.39 is 17.5 Å². The van der Waals surface area contributed by atoms with Crippen molar-refractivity contribution in [2.24, 2.45) is 0 Å². The molecule has 30 heavy (non-hydrogen) atoms. The molecular weight excluding hydrogens is 389 g/mol. The molecule has 1 heterocycles. The van der Waals surface area contributed by atoms with Crippen LogP contribution in [-0.2, 0) is 4.74 Å². The maximum Gasteiger partial charge on any atom is 0.167 e. The lowest BCUT2D eigenvalue weighted by Crippen LogP contribution is -2.25. The van der Waals surface area contributed by atoms with Gasteiger partial charge in [-0.1, -0.05) is 45.2 Å². The molecule has 0 saturated carbocycles.